The van der Waals surface area contributed by atoms with E-state index in [2.05, 4.69) is 25.1 Å². The van der Waals surface area contributed by atoms with E-state index in [9.17, 15) is 4.79 Å². The number of benzene rings is 2. The molecular formula is C15H13ClO2S. The maximum absolute atomic E-state index is 10.8. The topological polar surface area (TPSA) is 37.3 Å². The fourth-order valence-electron chi connectivity index (χ4n) is 1.66. The largest absolute Gasteiger partial charge is 0.478 e. The van der Waals surface area contributed by atoms with E-state index in [1.54, 1.807) is 23.9 Å². The minimum absolute atomic E-state index is 0.217. The van der Waals surface area contributed by atoms with Crippen molar-refractivity contribution in [3.8, 4) is 0 Å². The number of thioether (sulfide) groups is 1. The molecule has 1 N–H and O–H groups in total. The molecule has 2 nitrogen and oxygen atoms in total. The number of carbonyl (C=O) groups is 1. The molecule has 4 heteroatoms. The Bertz CT molecular complexity index is 611. The molecule has 0 fully saturated rings. The van der Waals surface area contributed by atoms with E-state index in [0.717, 1.165) is 11.3 Å². The minimum Gasteiger partial charge on any atom is -0.478 e. The summed E-state index contributed by atoms with van der Waals surface area (Å²) >= 11 is 7.78. The van der Waals surface area contributed by atoms with Gasteiger partial charge in [-0.2, -0.15) is 0 Å². The minimum atomic E-state index is -0.959. The number of rotatable bonds is 4. The van der Waals surface area contributed by atoms with Gasteiger partial charge < -0.3 is 5.11 Å². The van der Waals surface area contributed by atoms with Gasteiger partial charge in [0.15, 0.2) is 0 Å². The van der Waals surface area contributed by atoms with Crippen LogP contribution in [0.4, 0.5) is 0 Å². The molecule has 0 heterocycles. The normalized spacial score (nSPS) is 10.4. The molecule has 2 aromatic carbocycles. The summed E-state index contributed by atoms with van der Waals surface area (Å²) in [6.45, 7) is 2.05. The van der Waals surface area contributed by atoms with E-state index < -0.39 is 5.97 Å². The van der Waals surface area contributed by atoms with Crippen molar-refractivity contribution >= 4 is 29.3 Å². The summed E-state index contributed by atoms with van der Waals surface area (Å²) in [5, 5.41) is 9.37. The number of halogens is 1. The zero-order chi connectivity index (χ0) is 13.8. The highest BCUT2D eigenvalue weighted by Crippen LogP contribution is 2.27. The molecule has 98 valence electrons. The molecule has 19 heavy (non-hydrogen) atoms. The lowest BCUT2D eigenvalue weighted by Gasteiger charge is -2.06. The van der Waals surface area contributed by atoms with Crippen LogP contribution in [-0.2, 0) is 5.75 Å². The van der Waals surface area contributed by atoms with Crippen molar-refractivity contribution in [1.29, 1.82) is 0 Å². The summed E-state index contributed by atoms with van der Waals surface area (Å²) in [5.41, 5.74) is 2.38. The van der Waals surface area contributed by atoms with Crippen molar-refractivity contribution in [3.05, 3.63) is 64.2 Å². The van der Waals surface area contributed by atoms with Crippen LogP contribution >= 0.6 is 23.4 Å². The molecule has 2 aromatic rings. The van der Waals surface area contributed by atoms with Gasteiger partial charge in [-0.3, -0.25) is 0 Å². The first kappa shape index (κ1) is 14.0. The van der Waals surface area contributed by atoms with Crippen LogP contribution in [0, 0.1) is 6.92 Å². The molecule has 0 bridgehead atoms. The van der Waals surface area contributed by atoms with Crippen molar-refractivity contribution in [1.82, 2.24) is 0 Å². The third-order valence-electron chi connectivity index (χ3n) is 2.68. The molecule has 0 aliphatic carbocycles. The van der Waals surface area contributed by atoms with Crippen LogP contribution in [-0.4, -0.2) is 11.1 Å². The second-order valence-corrected chi connectivity index (χ2v) is 5.67. The Morgan fingerprint density at radius 3 is 2.68 bits per heavy atom. The highest BCUT2D eigenvalue weighted by Gasteiger charge is 2.07. The Morgan fingerprint density at radius 1 is 1.26 bits per heavy atom. The molecule has 0 saturated carbocycles. The van der Waals surface area contributed by atoms with Gasteiger partial charge in [-0.15, -0.1) is 11.8 Å². The number of hydrogen-bond donors (Lipinski definition) is 1. The SMILES string of the molecule is Cc1cccc(SCc2ccc(C(=O)O)cc2Cl)c1. The average molecular weight is 293 g/mol. The summed E-state index contributed by atoms with van der Waals surface area (Å²) in [6, 6.07) is 13.1. The van der Waals surface area contributed by atoms with Gasteiger partial charge in [-0.25, -0.2) is 4.79 Å². The Balaban J connectivity index is 2.10. The van der Waals surface area contributed by atoms with Crippen molar-refractivity contribution in [2.45, 2.75) is 17.6 Å². The Kier molecular flexibility index (Phi) is 4.51. The van der Waals surface area contributed by atoms with Gasteiger partial charge in [-0.1, -0.05) is 35.4 Å². The molecule has 0 unspecified atom stereocenters. The van der Waals surface area contributed by atoms with Crippen LogP contribution in [0.5, 0.6) is 0 Å². The van der Waals surface area contributed by atoms with E-state index >= 15 is 0 Å². The second-order valence-electron chi connectivity index (χ2n) is 4.22. The predicted molar refractivity (Wildman–Crippen MR) is 79.2 cm³/mol. The molecule has 0 radical (unpaired) electrons. The highest BCUT2D eigenvalue weighted by molar-refractivity contribution is 7.98. The Labute approximate surface area is 121 Å². The first-order chi connectivity index (χ1) is 9.06. The first-order valence-electron chi connectivity index (χ1n) is 5.77. The van der Waals surface area contributed by atoms with Gasteiger partial charge in [0.25, 0.3) is 0 Å². The maximum Gasteiger partial charge on any atom is 0.335 e. The fraction of sp³-hybridized carbons (Fsp3) is 0.133. The Hall–Kier alpha value is -1.45. The molecule has 0 amide bonds. The van der Waals surface area contributed by atoms with Crippen molar-refractivity contribution < 1.29 is 9.90 Å². The molecule has 0 spiro atoms. The third kappa shape index (κ3) is 3.75. The number of carboxylic acid groups (broad SMARTS) is 1. The lowest BCUT2D eigenvalue weighted by molar-refractivity contribution is 0.0697. The van der Waals surface area contributed by atoms with Gasteiger partial charge in [0.2, 0.25) is 0 Å². The Morgan fingerprint density at radius 2 is 2.05 bits per heavy atom. The summed E-state index contributed by atoms with van der Waals surface area (Å²) in [7, 11) is 0. The van der Waals surface area contributed by atoms with Gasteiger partial charge >= 0.3 is 5.97 Å². The number of hydrogen-bond acceptors (Lipinski definition) is 2. The second kappa shape index (κ2) is 6.13. The maximum atomic E-state index is 10.8. The monoisotopic (exact) mass is 292 g/mol. The molecule has 0 aromatic heterocycles. The van der Waals surface area contributed by atoms with Gasteiger partial charge in [-0.05, 0) is 36.8 Å². The summed E-state index contributed by atoms with van der Waals surface area (Å²) in [4.78, 5) is 12.0. The quantitative estimate of drug-likeness (QED) is 0.834. The molecule has 0 saturated heterocycles. The standard InChI is InChI=1S/C15H13ClO2S/c1-10-3-2-4-13(7-10)19-9-12-6-5-11(15(17)18)8-14(12)16/h2-8H,9H2,1H3,(H,17,18). The van der Waals surface area contributed by atoms with Crippen LogP contribution in [0.25, 0.3) is 0 Å². The van der Waals surface area contributed by atoms with E-state index in [1.807, 2.05) is 6.07 Å². The van der Waals surface area contributed by atoms with Crippen LogP contribution in [0.3, 0.4) is 0 Å². The zero-order valence-corrected chi connectivity index (χ0v) is 12.0. The lowest BCUT2D eigenvalue weighted by atomic mass is 10.1. The smallest absolute Gasteiger partial charge is 0.335 e. The number of aryl methyl sites for hydroxylation is 1. The van der Waals surface area contributed by atoms with Gasteiger partial charge in [0, 0.05) is 15.7 Å². The van der Waals surface area contributed by atoms with Crippen LogP contribution in [0.1, 0.15) is 21.5 Å². The van der Waals surface area contributed by atoms with Crippen LogP contribution < -0.4 is 0 Å². The zero-order valence-electron chi connectivity index (χ0n) is 10.4. The van der Waals surface area contributed by atoms with Crippen LogP contribution in [0.15, 0.2) is 47.4 Å². The highest BCUT2D eigenvalue weighted by atomic mass is 35.5. The lowest BCUT2D eigenvalue weighted by Crippen LogP contribution is -1.96. The van der Waals surface area contributed by atoms with E-state index in [4.69, 9.17) is 16.7 Å². The van der Waals surface area contributed by atoms with Gasteiger partial charge in [0.05, 0.1) is 5.56 Å². The molecule has 0 aliphatic rings. The average Bonchev–Trinajstić information content (AvgIpc) is 2.37. The fourth-order valence-corrected chi connectivity index (χ4v) is 3.01. The molecular weight excluding hydrogens is 280 g/mol. The van der Waals surface area contributed by atoms with Crippen molar-refractivity contribution in [2.75, 3.05) is 0 Å². The van der Waals surface area contributed by atoms with E-state index in [1.165, 1.54) is 16.5 Å². The van der Waals surface area contributed by atoms with Gasteiger partial charge in [0.1, 0.15) is 0 Å². The number of carboxylic acids is 1. The predicted octanol–water partition coefficient (Wildman–Crippen LogP) is 4.64. The first-order valence-corrected chi connectivity index (χ1v) is 7.14. The molecule has 2 rings (SSSR count). The van der Waals surface area contributed by atoms with Crippen LogP contribution in [0.2, 0.25) is 5.02 Å². The molecule has 0 aliphatic heterocycles. The third-order valence-corrected chi connectivity index (χ3v) is 4.08. The summed E-state index contributed by atoms with van der Waals surface area (Å²) < 4.78 is 0. The van der Waals surface area contributed by atoms with Crippen molar-refractivity contribution in [3.63, 3.8) is 0 Å². The van der Waals surface area contributed by atoms with E-state index in [-0.39, 0.29) is 5.56 Å². The van der Waals surface area contributed by atoms with Crippen molar-refractivity contribution in [2.24, 2.45) is 0 Å². The van der Waals surface area contributed by atoms with E-state index in [0.29, 0.717) is 5.02 Å². The summed E-state index contributed by atoms with van der Waals surface area (Å²) in [5.74, 6) is -0.234. The molecule has 0 atom stereocenters. The summed E-state index contributed by atoms with van der Waals surface area (Å²) in [6.07, 6.45) is 0. The number of aromatic carboxylic acids is 1.